The average Bonchev–Trinajstić information content (AvgIpc) is 2.77. The molecule has 0 N–H and O–H groups in total. The van der Waals surface area contributed by atoms with E-state index in [4.69, 9.17) is 14.2 Å². The van der Waals surface area contributed by atoms with Gasteiger partial charge in [0.1, 0.15) is 11.5 Å². The first kappa shape index (κ1) is 19.0. The monoisotopic (exact) mass is 338 g/mol. The molecule has 0 unspecified atom stereocenters. The summed E-state index contributed by atoms with van der Waals surface area (Å²) in [6, 6.07) is 0. The minimum absolute atomic E-state index is 0.149. The van der Waals surface area contributed by atoms with E-state index in [0.717, 1.165) is 6.42 Å². The minimum Gasteiger partial charge on any atom is -0.465 e. The third kappa shape index (κ3) is 3.82. The van der Waals surface area contributed by atoms with Crippen LogP contribution in [0.1, 0.15) is 60.3 Å². The second kappa shape index (κ2) is 7.26. The fourth-order valence-electron chi connectivity index (χ4n) is 3.30. The van der Waals surface area contributed by atoms with Gasteiger partial charge in [-0.2, -0.15) is 0 Å². The van der Waals surface area contributed by atoms with Crippen molar-refractivity contribution in [1.29, 1.82) is 0 Å². The molecule has 2 rings (SSSR count). The quantitative estimate of drug-likeness (QED) is 0.547. The number of ether oxygens (including phenoxy) is 3. The zero-order valence-electron chi connectivity index (χ0n) is 15.5. The van der Waals surface area contributed by atoms with Crippen LogP contribution in [-0.4, -0.2) is 30.8 Å². The SMILES string of the molecule is CC(C)COC(=O)/C=C1/C[C@]2(C)C(=O)CCC[C@]2(OCC(C)C)O1. The van der Waals surface area contributed by atoms with Crippen molar-refractivity contribution in [2.75, 3.05) is 13.2 Å². The summed E-state index contributed by atoms with van der Waals surface area (Å²) < 4.78 is 17.4. The molecule has 0 spiro atoms. The van der Waals surface area contributed by atoms with Gasteiger partial charge in [-0.3, -0.25) is 4.79 Å². The van der Waals surface area contributed by atoms with E-state index in [0.29, 0.717) is 44.2 Å². The Balaban J connectivity index is 2.18. The molecule has 5 nitrogen and oxygen atoms in total. The Morgan fingerprint density at radius 2 is 1.92 bits per heavy atom. The lowest BCUT2D eigenvalue weighted by Crippen LogP contribution is -2.53. The molecule has 1 aliphatic heterocycles. The minimum atomic E-state index is -0.948. The van der Waals surface area contributed by atoms with Crippen molar-refractivity contribution in [2.45, 2.75) is 66.1 Å². The summed E-state index contributed by atoms with van der Waals surface area (Å²) >= 11 is 0. The van der Waals surface area contributed by atoms with E-state index in [1.54, 1.807) is 0 Å². The first-order chi connectivity index (χ1) is 11.2. The van der Waals surface area contributed by atoms with Crippen molar-refractivity contribution < 1.29 is 23.8 Å². The fourth-order valence-corrected chi connectivity index (χ4v) is 3.30. The summed E-state index contributed by atoms with van der Waals surface area (Å²) in [7, 11) is 0. The Bertz CT molecular complexity index is 522. The van der Waals surface area contributed by atoms with Crippen molar-refractivity contribution in [3.05, 3.63) is 11.8 Å². The number of carbonyl (C=O) groups is 2. The maximum atomic E-state index is 12.6. The zero-order chi connectivity index (χ0) is 18.0. The van der Waals surface area contributed by atoms with Crippen LogP contribution in [0, 0.1) is 17.3 Å². The summed E-state index contributed by atoms with van der Waals surface area (Å²) in [4.78, 5) is 24.6. The highest BCUT2D eigenvalue weighted by molar-refractivity contribution is 5.88. The highest BCUT2D eigenvalue weighted by Crippen LogP contribution is 2.55. The Labute approximate surface area is 144 Å². The van der Waals surface area contributed by atoms with Gasteiger partial charge in [0, 0.05) is 19.3 Å². The molecule has 0 aromatic carbocycles. The molecule has 1 heterocycles. The van der Waals surface area contributed by atoms with Crippen LogP contribution in [0.5, 0.6) is 0 Å². The molecule has 2 aliphatic rings. The normalized spacial score (nSPS) is 31.5. The zero-order valence-corrected chi connectivity index (χ0v) is 15.5. The fraction of sp³-hybridized carbons (Fsp3) is 0.789. The molecular weight excluding hydrogens is 308 g/mol. The smallest absolute Gasteiger partial charge is 0.334 e. The molecular formula is C19H30O5. The lowest BCUT2D eigenvalue weighted by atomic mass is 9.69. The molecule has 136 valence electrons. The molecule has 0 amide bonds. The summed E-state index contributed by atoms with van der Waals surface area (Å²) in [5, 5.41) is 0. The van der Waals surface area contributed by atoms with Gasteiger partial charge in [0.25, 0.3) is 0 Å². The summed E-state index contributed by atoms with van der Waals surface area (Å²) in [6.45, 7) is 10.9. The number of ketones is 1. The van der Waals surface area contributed by atoms with E-state index < -0.39 is 17.2 Å². The lowest BCUT2D eigenvalue weighted by Gasteiger charge is -2.43. The predicted molar refractivity (Wildman–Crippen MR) is 90.1 cm³/mol. The van der Waals surface area contributed by atoms with Gasteiger partial charge >= 0.3 is 5.97 Å². The van der Waals surface area contributed by atoms with Crippen molar-refractivity contribution in [3.63, 3.8) is 0 Å². The van der Waals surface area contributed by atoms with Gasteiger partial charge in [0.15, 0.2) is 0 Å². The van der Waals surface area contributed by atoms with E-state index in [1.807, 2.05) is 20.8 Å². The van der Waals surface area contributed by atoms with Crippen LogP contribution in [0.2, 0.25) is 0 Å². The second-order valence-corrected chi connectivity index (χ2v) is 7.98. The van der Waals surface area contributed by atoms with Gasteiger partial charge in [-0.05, 0) is 25.2 Å². The van der Waals surface area contributed by atoms with Crippen LogP contribution in [0.25, 0.3) is 0 Å². The standard InChI is InChI=1S/C19H30O5/c1-13(2)11-22-17(21)9-15-10-18(5)16(20)7-6-8-19(18,24-15)23-12-14(3)4/h9,13-14H,6-8,10-12H2,1-5H3/b15-9-/t18-,19+/m1/s1. The molecule has 5 heteroatoms. The summed E-state index contributed by atoms with van der Waals surface area (Å²) in [5.41, 5.74) is -0.732. The van der Waals surface area contributed by atoms with E-state index >= 15 is 0 Å². The highest BCUT2D eigenvalue weighted by Gasteiger charge is 2.63. The van der Waals surface area contributed by atoms with Crippen LogP contribution in [-0.2, 0) is 23.8 Å². The predicted octanol–water partition coefficient (Wildman–Crippen LogP) is 3.62. The third-order valence-corrected chi connectivity index (χ3v) is 4.68. The van der Waals surface area contributed by atoms with Gasteiger partial charge in [-0.25, -0.2) is 4.79 Å². The van der Waals surface area contributed by atoms with E-state index in [2.05, 4.69) is 13.8 Å². The molecule has 1 saturated carbocycles. The molecule has 0 bridgehead atoms. The van der Waals surface area contributed by atoms with Gasteiger partial charge in [-0.15, -0.1) is 0 Å². The third-order valence-electron chi connectivity index (χ3n) is 4.68. The topological polar surface area (TPSA) is 61.8 Å². The molecule has 1 saturated heterocycles. The Morgan fingerprint density at radius 1 is 1.25 bits per heavy atom. The molecule has 0 aromatic rings. The largest absolute Gasteiger partial charge is 0.465 e. The number of carbonyl (C=O) groups excluding carboxylic acids is 2. The Morgan fingerprint density at radius 3 is 2.54 bits per heavy atom. The summed E-state index contributed by atoms with van der Waals surface area (Å²) in [6.07, 6.45) is 3.72. The molecule has 0 radical (unpaired) electrons. The molecule has 0 aromatic heterocycles. The maximum absolute atomic E-state index is 12.6. The number of esters is 1. The molecule has 2 atom stereocenters. The number of fused-ring (bicyclic) bond motifs is 1. The number of hydrogen-bond acceptors (Lipinski definition) is 5. The van der Waals surface area contributed by atoms with E-state index in [9.17, 15) is 9.59 Å². The van der Waals surface area contributed by atoms with E-state index in [-0.39, 0.29) is 11.7 Å². The van der Waals surface area contributed by atoms with E-state index in [1.165, 1.54) is 6.08 Å². The first-order valence-corrected chi connectivity index (χ1v) is 8.92. The number of rotatable bonds is 6. The van der Waals surface area contributed by atoms with Crippen LogP contribution >= 0.6 is 0 Å². The van der Waals surface area contributed by atoms with Crippen molar-refractivity contribution in [2.24, 2.45) is 17.3 Å². The first-order valence-electron chi connectivity index (χ1n) is 8.92. The number of allylic oxidation sites excluding steroid dienone is 1. The van der Waals surface area contributed by atoms with Crippen LogP contribution in [0.4, 0.5) is 0 Å². The Hall–Kier alpha value is -1.36. The molecule has 24 heavy (non-hydrogen) atoms. The lowest BCUT2D eigenvalue weighted by molar-refractivity contribution is -0.256. The van der Waals surface area contributed by atoms with Crippen molar-refractivity contribution in [3.8, 4) is 0 Å². The maximum Gasteiger partial charge on any atom is 0.334 e. The summed E-state index contributed by atoms with van der Waals surface area (Å²) in [5.74, 6) is -0.113. The number of Topliss-reactive ketones (excluding diaryl/α,β-unsaturated/α-hetero) is 1. The van der Waals surface area contributed by atoms with Crippen LogP contribution in [0.3, 0.4) is 0 Å². The van der Waals surface area contributed by atoms with Crippen molar-refractivity contribution in [1.82, 2.24) is 0 Å². The van der Waals surface area contributed by atoms with Crippen LogP contribution in [0.15, 0.2) is 11.8 Å². The molecule has 2 fully saturated rings. The van der Waals surface area contributed by atoms with Crippen molar-refractivity contribution >= 4 is 11.8 Å². The van der Waals surface area contributed by atoms with Crippen LogP contribution < -0.4 is 0 Å². The van der Waals surface area contributed by atoms with Gasteiger partial charge in [-0.1, -0.05) is 27.7 Å². The van der Waals surface area contributed by atoms with Gasteiger partial charge in [0.2, 0.25) is 5.79 Å². The molecule has 1 aliphatic carbocycles. The highest BCUT2D eigenvalue weighted by atomic mass is 16.7. The Kier molecular flexibility index (Phi) is 5.74. The average molecular weight is 338 g/mol. The van der Waals surface area contributed by atoms with Gasteiger partial charge in [0.05, 0.1) is 24.7 Å². The van der Waals surface area contributed by atoms with Gasteiger partial charge < -0.3 is 14.2 Å². The second-order valence-electron chi connectivity index (χ2n) is 7.98. The number of hydrogen-bond donors (Lipinski definition) is 0.